The molecule has 1 aromatic carbocycles. The lowest BCUT2D eigenvalue weighted by atomic mass is 10.2. The Morgan fingerprint density at radius 2 is 1.96 bits per heavy atom. The van der Waals surface area contributed by atoms with E-state index in [1.54, 1.807) is 6.92 Å². The van der Waals surface area contributed by atoms with Crippen molar-refractivity contribution < 1.29 is 18.4 Å². The first-order valence-electron chi connectivity index (χ1n) is 7.91. The molecule has 3 N–H and O–H groups in total. The van der Waals surface area contributed by atoms with Crippen LogP contribution < -0.4 is 10.5 Å². The van der Waals surface area contributed by atoms with Gasteiger partial charge >= 0.3 is 0 Å². The number of nitrogens with two attached hydrogens (primary N) is 1. The average Bonchev–Trinajstić information content (AvgIpc) is 2.61. The molecule has 1 heterocycles. The van der Waals surface area contributed by atoms with Gasteiger partial charge in [-0.2, -0.15) is 4.31 Å². The Kier molecular flexibility index (Phi) is 6.03. The molecule has 134 valence electrons. The van der Waals surface area contributed by atoms with Crippen molar-refractivity contribution in [3.8, 4) is 5.75 Å². The Morgan fingerprint density at radius 3 is 2.50 bits per heavy atom. The van der Waals surface area contributed by atoms with Crippen LogP contribution in [-0.2, 0) is 10.0 Å². The lowest BCUT2D eigenvalue weighted by Gasteiger charge is -2.33. The van der Waals surface area contributed by atoms with Crippen LogP contribution in [0.25, 0.3) is 0 Å². The minimum absolute atomic E-state index is 0.109. The minimum atomic E-state index is -3.63. The van der Waals surface area contributed by atoms with Crippen molar-refractivity contribution in [2.45, 2.75) is 18.7 Å². The number of amidine groups is 1. The van der Waals surface area contributed by atoms with Crippen molar-refractivity contribution in [2.24, 2.45) is 10.9 Å². The highest BCUT2D eigenvalue weighted by atomic mass is 32.2. The van der Waals surface area contributed by atoms with Crippen molar-refractivity contribution in [3.63, 3.8) is 0 Å². The first-order valence-corrected chi connectivity index (χ1v) is 9.35. The van der Waals surface area contributed by atoms with Crippen molar-refractivity contribution in [1.29, 1.82) is 0 Å². The molecule has 1 aromatic rings. The first kappa shape index (κ1) is 18.5. The lowest BCUT2D eigenvalue weighted by molar-refractivity contribution is 0.196. The molecule has 1 aliphatic heterocycles. The number of hydrogen-bond donors (Lipinski definition) is 2. The molecule has 8 nitrogen and oxygen atoms in total. The van der Waals surface area contributed by atoms with Gasteiger partial charge in [0.1, 0.15) is 5.75 Å². The van der Waals surface area contributed by atoms with Crippen LogP contribution in [0.3, 0.4) is 0 Å². The number of nitrogens with zero attached hydrogens (tertiary/aromatic N) is 3. The van der Waals surface area contributed by atoms with Gasteiger partial charge in [0.15, 0.2) is 5.84 Å². The zero-order valence-electron chi connectivity index (χ0n) is 14.0. The second-order valence-corrected chi connectivity index (χ2v) is 7.35. The molecular weight excluding hydrogens is 332 g/mol. The summed E-state index contributed by atoms with van der Waals surface area (Å²) in [6.45, 7) is 7.46. The molecule has 1 saturated heterocycles. The molecule has 24 heavy (non-hydrogen) atoms. The Bertz CT molecular complexity index is 697. The fourth-order valence-corrected chi connectivity index (χ4v) is 4.09. The predicted molar refractivity (Wildman–Crippen MR) is 91.0 cm³/mol. The molecule has 0 amide bonds. The van der Waals surface area contributed by atoms with E-state index in [-0.39, 0.29) is 16.3 Å². The maximum atomic E-state index is 12.8. The fourth-order valence-electron chi connectivity index (χ4n) is 2.64. The predicted octanol–water partition coefficient (Wildman–Crippen LogP) is 0.506. The van der Waals surface area contributed by atoms with Crippen molar-refractivity contribution in [1.82, 2.24) is 9.21 Å². The molecule has 0 bridgehead atoms. The number of oxime groups is 1. The lowest BCUT2D eigenvalue weighted by Crippen LogP contribution is -2.48. The molecule has 0 aromatic heterocycles. The minimum Gasteiger partial charge on any atom is -0.493 e. The largest absolute Gasteiger partial charge is 0.493 e. The summed E-state index contributed by atoms with van der Waals surface area (Å²) in [6, 6.07) is 4.41. The van der Waals surface area contributed by atoms with Gasteiger partial charge in [-0.25, -0.2) is 8.42 Å². The van der Waals surface area contributed by atoms with Crippen molar-refractivity contribution in [2.75, 3.05) is 39.3 Å². The Balaban J connectivity index is 2.33. The number of likely N-dealkylation sites (N-methyl/N-ethyl adjacent to an activating group) is 1. The van der Waals surface area contributed by atoms with Crippen LogP contribution in [0.4, 0.5) is 0 Å². The van der Waals surface area contributed by atoms with Crippen molar-refractivity contribution in [3.05, 3.63) is 23.8 Å². The van der Waals surface area contributed by atoms with Gasteiger partial charge < -0.3 is 20.6 Å². The molecule has 1 aliphatic rings. The molecule has 2 rings (SSSR count). The van der Waals surface area contributed by atoms with E-state index in [4.69, 9.17) is 15.7 Å². The first-order chi connectivity index (χ1) is 11.4. The summed E-state index contributed by atoms with van der Waals surface area (Å²) in [5, 5.41) is 11.9. The maximum Gasteiger partial charge on any atom is 0.243 e. The van der Waals surface area contributed by atoms with Crippen LogP contribution in [-0.4, -0.2) is 68.0 Å². The van der Waals surface area contributed by atoms with Gasteiger partial charge in [-0.15, -0.1) is 0 Å². The maximum absolute atomic E-state index is 12.8. The highest BCUT2D eigenvalue weighted by molar-refractivity contribution is 7.89. The van der Waals surface area contributed by atoms with Gasteiger partial charge in [-0.1, -0.05) is 12.1 Å². The number of rotatable bonds is 6. The summed E-state index contributed by atoms with van der Waals surface area (Å²) in [7, 11) is -3.63. The summed E-state index contributed by atoms with van der Waals surface area (Å²) in [6.07, 6.45) is 0. The third-order valence-corrected chi connectivity index (χ3v) is 5.95. The van der Waals surface area contributed by atoms with Crippen LogP contribution in [0.1, 0.15) is 19.4 Å². The standard InChI is InChI=1S/C15H24N4O4S/c1-3-18-7-9-19(10-8-18)24(21,22)12-5-6-14(23-4-2)13(11-12)15(16)17-20/h5-6,11,20H,3-4,7-10H2,1-2H3,(H2,16,17). The van der Waals surface area contributed by atoms with E-state index in [1.165, 1.54) is 22.5 Å². The average molecular weight is 356 g/mol. The number of ether oxygens (including phenoxy) is 1. The van der Waals surface area contributed by atoms with E-state index in [9.17, 15) is 8.42 Å². The Morgan fingerprint density at radius 1 is 1.29 bits per heavy atom. The fraction of sp³-hybridized carbons (Fsp3) is 0.533. The second-order valence-electron chi connectivity index (χ2n) is 5.41. The topological polar surface area (TPSA) is 108 Å². The monoisotopic (exact) mass is 356 g/mol. The molecule has 1 fully saturated rings. The van der Waals surface area contributed by atoms with Crippen LogP contribution in [0, 0.1) is 0 Å². The number of sulfonamides is 1. The van der Waals surface area contributed by atoms with Crippen molar-refractivity contribution >= 4 is 15.9 Å². The van der Waals surface area contributed by atoms with E-state index in [2.05, 4.69) is 17.0 Å². The van der Waals surface area contributed by atoms with Gasteiger partial charge in [0.2, 0.25) is 10.0 Å². The third-order valence-electron chi connectivity index (χ3n) is 4.05. The van der Waals surface area contributed by atoms with E-state index in [0.29, 0.717) is 38.5 Å². The van der Waals surface area contributed by atoms with E-state index in [1.807, 2.05) is 0 Å². The third kappa shape index (κ3) is 3.80. The van der Waals surface area contributed by atoms with Gasteiger partial charge in [0.25, 0.3) is 0 Å². The van der Waals surface area contributed by atoms with Gasteiger partial charge in [-0.05, 0) is 31.7 Å². The molecule has 0 atom stereocenters. The molecule has 0 spiro atoms. The molecular formula is C15H24N4O4S. The summed E-state index contributed by atoms with van der Waals surface area (Å²) >= 11 is 0. The number of piperazine rings is 1. The van der Waals surface area contributed by atoms with Gasteiger partial charge in [0, 0.05) is 26.2 Å². The zero-order valence-corrected chi connectivity index (χ0v) is 14.8. The highest BCUT2D eigenvalue weighted by Crippen LogP contribution is 2.25. The summed E-state index contributed by atoms with van der Waals surface area (Å²) in [5.74, 6) is 0.189. The van der Waals surface area contributed by atoms with Gasteiger partial charge in [0.05, 0.1) is 17.1 Å². The van der Waals surface area contributed by atoms with E-state index < -0.39 is 10.0 Å². The normalized spacial score (nSPS) is 17.8. The van der Waals surface area contributed by atoms with E-state index >= 15 is 0 Å². The van der Waals surface area contributed by atoms with Crippen LogP contribution in [0.2, 0.25) is 0 Å². The highest BCUT2D eigenvalue weighted by Gasteiger charge is 2.29. The smallest absolute Gasteiger partial charge is 0.243 e. The number of benzene rings is 1. The van der Waals surface area contributed by atoms with E-state index in [0.717, 1.165) is 6.54 Å². The van der Waals surface area contributed by atoms with Gasteiger partial charge in [-0.3, -0.25) is 0 Å². The molecule has 9 heteroatoms. The summed E-state index contributed by atoms with van der Waals surface area (Å²) < 4.78 is 32.6. The SMILES string of the molecule is CCOc1ccc(S(=O)(=O)N2CCN(CC)CC2)cc1C(N)=NO. The quantitative estimate of drug-likeness (QED) is 0.333. The molecule has 0 unspecified atom stereocenters. The van der Waals surface area contributed by atoms with Crippen LogP contribution in [0.5, 0.6) is 5.75 Å². The summed E-state index contributed by atoms with van der Waals surface area (Å²) in [4.78, 5) is 2.31. The van der Waals surface area contributed by atoms with Crippen LogP contribution >= 0.6 is 0 Å². The molecule has 0 aliphatic carbocycles. The molecule has 0 radical (unpaired) electrons. The second kappa shape index (κ2) is 7.82. The number of hydrogen-bond acceptors (Lipinski definition) is 6. The Hall–Kier alpha value is -1.84. The Labute approximate surface area is 142 Å². The zero-order chi connectivity index (χ0) is 17.7. The van der Waals surface area contributed by atoms with Crippen LogP contribution in [0.15, 0.2) is 28.3 Å². The summed E-state index contributed by atoms with van der Waals surface area (Å²) in [5.41, 5.74) is 5.91. The molecule has 0 saturated carbocycles.